The van der Waals surface area contributed by atoms with Crippen LogP contribution >= 0.6 is 22.7 Å². The number of aryl methyl sites for hydroxylation is 4. The Hall–Kier alpha value is -2.97. The van der Waals surface area contributed by atoms with Gasteiger partial charge in [-0.2, -0.15) is 5.10 Å². The fourth-order valence-electron chi connectivity index (χ4n) is 3.92. The Kier molecular flexibility index (Phi) is 5.80. The van der Waals surface area contributed by atoms with E-state index in [1.165, 1.54) is 46.6 Å². The summed E-state index contributed by atoms with van der Waals surface area (Å²) in [6, 6.07) is 8.24. The monoisotopic (exact) mass is 464 g/mol. The maximum Gasteiger partial charge on any atom is 0.267 e. The molecule has 1 amide bonds. The Bertz CT molecular complexity index is 1270. The molecule has 5 rings (SSSR count). The second-order valence-electron chi connectivity index (χ2n) is 7.87. The fourth-order valence-corrected chi connectivity index (χ4v) is 5.42. The van der Waals surface area contributed by atoms with E-state index in [0.29, 0.717) is 16.6 Å². The molecular weight excluding hydrogens is 440 g/mol. The first kappa shape index (κ1) is 20.9. The zero-order valence-electron chi connectivity index (χ0n) is 18.1. The Balaban J connectivity index is 1.20. The average molecular weight is 465 g/mol. The third-order valence-corrected chi connectivity index (χ3v) is 7.36. The minimum atomic E-state index is -0.152. The van der Waals surface area contributed by atoms with E-state index in [1.807, 2.05) is 40.7 Å². The van der Waals surface area contributed by atoms with E-state index >= 15 is 0 Å². The molecule has 3 aromatic heterocycles. The maximum absolute atomic E-state index is 12.7. The van der Waals surface area contributed by atoms with Gasteiger partial charge in [0.2, 0.25) is 0 Å². The molecule has 164 valence electrons. The number of nitrogens with zero attached hydrogens (tertiary/aromatic N) is 3. The predicted molar refractivity (Wildman–Crippen MR) is 129 cm³/mol. The van der Waals surface area contributed by atoms with Crippen LogP contribution in [0.3, 0.4) is 0 Å². The number of nitrogens with one attached hydrogen (secondary N) is 1. The lowest BCUT2D eigenvalue weighted by Crippen LogP contribution is -2.09. The quantitative estimate of drug-likeness (QED) is 0.380. The molecule has 1 aromatic carbocycles. The van der Waals surface area contributed by atoms with E-state index in [1.54, 1.807) is 0 Å². The highest BCUT2D eigenvalue weighted by molar-refractivity contribution is 7.14. The summed E-state index contributed by atoms with van der Waals surface area (Å²) < 4.78 is 7.85. The van der Waals surface area contributed by atoms with Crippen LogP contribution in [0.15, 0.2) is 41.2 Å². The largest absolute Gasteiger partial charge is 0.489 e. The number of carbonyl (C=O) groups excluding carboxylic acids is 1. The van der Waals surface area contributed by atoms with Crippen molar-refractivity contribution in [3.05, 3.63) is 68.5 Å². The lowest BCUT2D eigenvalue weighted by Gasteiger charge is -2.07. The van der Waals surface area contributed by atoms with E-state index in [0.717, 1.165) is 41.2 Å². The van der Waals surface area contributed by atoms with Gasteiger partial charge in [-0.25, -0.2) is 4.98 Å². The summed E-state index contributed by atoms with van der Waals surface area (Å²) in [6.07, 6.45) is 5.52. The van der Waals surface area contributed by atoms with Crippen molar-refractivity contribution in [2.75, 3.05) is 5.32 Å². The van der Waals surface area contributed by atoms with Crippen molar-refractivity contribution in [2.24, 2.45) is 0 Å². The van der Waals surface area contributed by atoms with Crippen LogP contribution in [0.4, 0.5) is 5.13 Å². The molecule has 0 atom stereocenters. The van der Waals surface area contributed by atoms with Crippen LogP contribution in [0.2, 0.25) is 0 Å². The zero-order valence-corrected chi connectivity index (χ0v) is 19.7. The SMILES string of the molecule is CCn1cc(-c2csc(NC(=O)c3cc(COc4ccc5c(c4)CCC5)cs3)n2)c(C)n1. The number of thiophene rings is 1. The summed E-state index contributed by atoms with van der Waals surface area (Å²) in [6.45, 7) is 5.28. The number of hydrogen-bond acceptors (Lipinski definition) is 6. The normalized spacial score (nSPS) is 12.7. The highest BCUT2D eigenvalue weighted by Crippen LogP contribution is 2.29. The van der Waals surface area contributed by atoms with E-state index in [-0.39, 0.29) is 5.91 Å². The molecule has 0 aliphatic heterocycles. The second kappa shape index (κ2) is 8.88. The third kappa shape index (κ3) is 4.33. The molecule has 0 radical (unpaired) electrons. The van der Waals surface area contributed by atoms with Crippen molar-refractivity contribution in [2.45, 2.75) is 46.3 Å². The van der Waals surface area contributed by atoms with Crippen LogP contribution in [0.1, 0.15) is 45.4 Å². The van der Waals surface area contributed by atoms with Crippen LogP contribution in [0, 0.1) is 6.92 Å². The Morgan fingerprint density at radius 3 is 2.91 bits per heavy atom. The highest BCUT2D eigenvalue weighted by Gasteiger charge is 2.15. The Morgan fingerprint density at radius 2 is 2.06 bits per heavy atom. The van der Waals surface area contributed by atoms with Gasteiger partial charge in [0, 0.05) is 29.2 Å². The first-order chi connectivity index (χ1) is 15.6. The van der Waals surface area contributed by atoms with Crippen LogP contribution in [0.5, 0.6) is 5.75 Å². The summed E-state index contributed by atoms with van der Waals surface area (Å²) in [7, 11) is 0. The van der Waals surface area contributed by atoms with E-state index < -0.39 is 0 Å². The fraction of sp³-hybridized carbons (Fsp3) is 0.292. The molecule has 0 spiro atoms. The van der Waals surface area contributed by atoms with Crippen molar-refractivity contribution in [1.82, 2.24) is 14.8 Å². The minimum Gasteiger partial charge on any atom is -0.489 e. The molecule has 32 heavy (non-hydrogen) atoms. The number of hydrogen-bond donors (Lipinski definition) is 1. The maximum atomic E-state index is 12.7. The van der Waals surface area contributed by atoms with Gasteiger partial charge in [0.05, 0.1) is 16.3 Å². The van der Waals surface area contributed by atoms with Crippen LogP contribution in [0.25, 0.3) is 11.3 Å². The minimum absolute atomic E-state index is 0.152. The molecule has 0 unspecified atom stereocenters. The van der Waals surface area contributed by atoms with Crippen molar-refractivity contribution in [3.63, 3.8) is 0 Å². The predicted octanol–water partition coefficient (Wildman–Crippen LogP) is 5.72. The van der Waals surface area contributed by atoms with Gasteiger partial charge >= 0.3 is 0 Å². The molecule has 8 heteroatoms. The van der Waals surface area contributed by atoms with E-state index in [4.69, 9.17) is 4.74 Å². The van der Waals surface area contributed by atoms with Gasteiger partial charge in [-0.1, -0.05) is 6.07 Å². The number of ether oxygens (including phenoxy) is 1. The molecule has 4 aromatic rings. The topological polar surface area (TPSA) is 69.0 Å². The molecular formula is C24H24N4O2S2. The zero-order chi connectivity index (χ0) is 22.1. The van der Waals surface area contributed by atoms with Crippen LogP contribution < -0.4 is 10.1 Å². The summed E-state index contributed by atoms with van der Waals surface area (Å²) in [4.78, 5) is 17.9. The standard InChI is InChI=1S/C24H24N4O2S2/c1-3-28-11-20(15(2)27-28)21-14-32-24(25-21)26-23(29)22-9-16(13-31-22)12-30-19-8-7-17-5-4-6-18(17)10-19/h7-11,13-14H,3-6,12H2,1-2H3,(H,25,26,29). The second-order valence-corrected chi connectivity index (χ2v) is 9.64. The lowest BCUT2D eigenvalue weighted by atomic mass is 10.1. The number of amides is 1. The van der Waals surface area contributed by atoms with Crippen molar-refractivity contribution in [1.29, 1.82) is 0 Å². The summed E-state index contributed by atoms with van der Waals surface area (Å²) in [5.74, 6) is 0.737. The number of aromatic nitrogens is 3. The third-order valence-electron chi connectivity index (χ3n) is 5.62. The van der Waals surface area contributed by atoms with Gasteiger partial charge in [-0.3, -0.25) is 14.8 Å². The molecule has 6 nitrogen and oxygen atoms in total. The van der Waals surface area contributed by atoms with Gasteiger partial charge in [0.1, 0.15) is 12.4 Å². The van der Waals surface area contributed by atoms with Crippen molar-refractivity contribution >= 4 is 33.7 Å². The number of benzene rings is 1. The molecule has 1 aliphatic carbocycles. The Labute approximate surface area is 194 Å². The van der Waals surface area contributed by atoms with Gasteiger partial charge in [-0.05, 0) is 67.8 Å². The lowest BCUT2D eigenvalue weighted by molar-refractivity contribution is 0.103. The van der Waals surface area contributed by atoms with E-state index in [2.05, 4.69) is 34.5 Å². The van der Waals surface area contributed by atoms with E-state index in [9.17, 15) is 4.79 Å². The van der Waals surface area contributed by atoms with Gasteiger partial charge in [0.25, 0.3) is 5.91 Å². The molecule has 0 fully saturated rings. The molecule has 1 aliphatic rings. The summed E-state index contributed by atoms with van der Waals surface area (Å²) in [5.41, 5.74) is 6.58. The van der Waals surface area contributed by atoms with Gasteiger partial charge < -0.3 is 4.74 Å². The number of rotatable bonds is 7. The first-order valence-corrected chi connectivity index (χ1v) is 12.5. The van der Waals surface area contributed by atoms with Crippen molar-refractivity contribution in [3.8, 4) is 17.0 Å². The molecule has 3 heterocycles. The smallest absolute Gasteiger partial charge is 0.267 e. The van der Waals surface area contributed by atoms with Crippen LogP contribution in [-0.2, 0) is 26.0 Å². The number of thiazole rings is 1. The number of fused-ring (bicyclic) bond motifs is 1. The van der Waals surface area contributed by atoms with Crippen molar-refractivity contribution < 1.29 is 9.53 Å². The molecule has 0 saturated carbocycles. The molecule has 0 saturated heterocycles. The van der Waals surface area contributed by atoms with Gasteiger partial charge in [0.15, 0.2) is 5.13 Å². The van der Waals surface area contributed by atoms with Crippen LogP contribution in [-0.4, -0.2) is 20.7 Å². The molecule has 1 N–H and O–H groups in total. The Morgan fingerprint density at radius 1 is 1.19 bits per heavy atom. The first-order valence-electron chi connectivity index (χ1n) is 10.7. The number of carbonyl (C=O) groups is 1. The summed E-state index contributed by atoms with van der Waals surface area (Å²) >= 11 is 2.83. The molecule has 0 bridgehead atoms. The number of anilines is 1. The van der Waals surface area contributed by atoms with Gasteiger partial charge in [-0.15, -0.1) is 22.7 Å². The average Bonchev–Trinajstić information content (AvgIpc) is 3.58. The highest BCUT2D eigenvalue weighted by atomic mass is 32.1. The summed E-state index contributed by atoms with van der Waals surface area (Å²) in [5, 5.41) is 11.9.